The SMILES string of the molecule is [C-]#[N+]C(C)C1(CC)COC1. The van der Waals surface area contributed by atoms with Gasteiger partial charge in [-0.25, -0.2) is 6.57 Å². The third-order valence-corrected chi connectivity index (χ3v) is 2.56. The lowest BCUT2D eigenvalue weighted by Gasteiger charge is -2.39. The standard InChI is InChI=1S/C8H13NO/c1-4-8(5-10-6-8)7(2)9-3/h7H,4-6H2,1-2H3. The summed E-state index contributed by atoms with van der Waals surface area (Å²) in [6, 6.07) is 0.131. The number of hydrogen-bond donors (Lipinski definition) is 0. The molecule has 2 nitrogen and oxygen atoms in total. The van der Waals surface area contributed by atoms with E-state index in [1.165, 1.54) is 0 Å². The van der Waals surface area contributed by atoms with Crippen molar-refractivity contribution < 1.29 is 4.74 Å². The van der Waals surface area contributed by atoms with Gasteiger partial charge in [0.05, 0.1) is 18.6 Å². The van der Waals surface area contributed by atoms with Gasteiger partial charge in [-0.15, -0.1) is 0 Å². The molecule has 0 saturated carbocycles. The second-order valence-corrected chi connectivity index (χ2v) is 3.01. The van der Waals surface area contributed by atoms with E-state index in [4.69, 9.17) is 11.3 Å². The topological polar surface area (TPSA) is 13.6 Å². The van der Waals surface area contributed by atoms with E-state index in [9.17, 15) is 0 Å². The zero-order valence-electron chi connectivity index (χ0n) is 6.55. The van der Waals surface area contributed by atoms with Gasteiger partial charge in [-0.05, 0) is 6.42 Å². The van der Waals surface area contributed by atoms with E-state index in [-0.39, 0.29) is 11.5 Å². The van der Waals surface area contributed by atoms with E-state index in [1.54, 1.807) is 0 Å². The van der Waals surface area contributed by atoms with Crippen LogP contribution in [0.5, 0.6) is 0 Å². The molecule has 56 valence electrons. The minimum absolute atomic E-state index is 0.131. The van der Waals surface area contributed by atoms with Crippen LogP contribution >= 0.6 is 0 Å². The van der Waals surface area contributed by atoms with E-state index < -0.39 is 0 Å². The van der Waals surface area contributed by atoms with E-state index in [0.717, 1.165) is 19.6 Å². The molecule has 0 amide bonds. The second-order valence-electron chi connectivity index (χ2n) is 3.01. The van der Waals surface area contributed by atoms with Gasteiger partial charge in [0.25, 0.3) is 0 Å². The maximum atomic E-state index is 6.87. The van der Waals surface area contributed by atoms with Crippen LogP contribution < -0.4 is 0 Å². The fourth-order valence-electron chi connectivity index (χ4n) is 1.24. The highest BCUT2D eigenvalue weighted by Crippen LogP contribution is 2.36. The molecule has 0 aromatic rings. The maximum Gasteiger partial charge on any atom is 0.230 e. The van der Waals surface area contributed by atoms with Gasteiger partial charge in [-0.2, -0.15) is 0 Å². The fraction of sp³-hybridized carbons (Fsp3) is 0.875. The van der Waals surface area contributed by atoms with E-state index >= 15 is 0 Å². The van der Waals surface area contributed by atoms with Crippen LogP contribution in [0.4, 0.5) is 0 Å². The second kappa shape index (κ2) is 2.59. The third-order valence-electron chi connectivity index (χ3n) is 2.56. The minimum Gasteiger partial charge on any atom is -0.379 e. The fourth-order valence-corrected chi connectivity index (χ4v) is 1.24. The van der Waals surface area contributed by atoms with Crippen molar-refractivity contribution in [1.82, 2.24) is 0 Å². The van der Waals surface area contributed by atoms with Crippen molar-refractivity contribution in [3.63, 3.8) is 0 Å². The molecule has 0 radical (unpaired) electrons. The van der Waals surface area contributed by atoms with Gasteiger partial charge in [-0.1, -0.05) is 6.92 Å². The first kappa shape index (κ1) is 7.56. The molecule has 1 saturated heterocycles. The summed E-state index contributed by atoms with van der Waals surface area (Å²) in [6.45, 7) is 12.6. The molecule has 1 aliphatic rings. The summed E-state index contributed by atoms with van der Waals surface area (Å²) in [6.07, 6.45) is 1.07. The lowest BCUT2D eigenvalue weighted by Crippen LogP contribution is -2.48. The first-order valence-electron chi connectivity index (χ1n) is 3.69. The normalized spacial score (nSPS) is 24.5. The first-order chi connectivity index (χ1) is 4.75. The lowest BCUT2D eigenvalue weighted by atomic mass is 9.77. The summed E-state index contributed by atoms with van der Waals surface area (Å²) in [5, 5.41) is 0. The van der Waals surface area contributed by atoms with Crippen LogP contribution in [0.2, 0.25) is 0 Å². The van der Waals surface area contributed by atoms with Crippen molar-refractivity contribution in [2.24, 2.45) is 5.41 Å². The Kier molecular flexibility index (Phi) is 1.96. The Balaban J connectivity index is 2.57. The molecule has 0 bridgehead atoms. The molecule has 0 aromatic carbocycles. The van der Waals surface area contributed by atoms with Gasteiger partial charge in [0, 0.05) is 6.92 Å². The van der Waals surface area contributed by atoms with Crippen LogP contribution in [-0.4, -0.2) is 19.3 Å². The molecule has 0 spiro atoms. The van der Waals surface area contributed by atoms with E-state index in [2.05, 4.69) is 11.8 Å². The Bertz CT molecular complexity index is 150. The average molecular weight is 139 g/mol. The summed E-state index contributed by atoms with van der Waals surface area (Å²) in [4.78, 5) is 3.52. The third kappa shape index (κ3) is 0.911. The Hall–Kier alpha value is -0.550. The molecule has 1 aliphatic heterocycles. The molecule has 2 heteroatoms. The van der Waals surface area contributed by atoms with Crippen molar-refractivity contribution in [2.45, 2.75) is 26.3 Å². The largest absolute Gasteiger partial charge is 0.379 e. The molecule has 1 fully saturated rings. The van der Waals surface area contributed by atoms with Crippen molar-refractivity contribution in [2.75, 3.05) is 13.2 Å². The molecule has 1 atom stereocenters. The van der Waals surface area contributed by atoms with Crippen LogP contribution in [0.1, 0.15) is 20.3 Å². The summed E-state index contributed by atoms with van der Waals surface area (Å²) in [5.41, 5.74) is 0.196. The van der Waals surface area contributed by atoms with Crippen LogP contribution in [0.3, 0.4) is 0 Å². The molecule has 0 aromatic heterocycles. The molecular weight excluding hydrogens is 126 g/mol. The predicted octanol–water partition coefficient (Wildman–Crippen LogP) is 1.72. The Morgan fingerprint density at radius 1 is 1.70 bits per heavy atom. The van der Waals surface area contributed by atoms with Gasteiger partial charge in [0.1, 0.15) is 0 Å². The van der Waals surface area contributed by atoms with Crippen molar-refractivity contribution in [3.05, 3.63) is 11.4 Å². The average Bonchev–Trinajstić information content (AvgIpc) is 1.86. The number of hydrogen-bond acceptors (Lipinski definition) is 1. The number of ether oxygens (including phenoxy) is 1. The summed E-state index contributed by atoms with van der Waals surface area (Å²) >= 11 is 0. The summed E-state index contributed by atoms with van der Waals surface area (Å²) < 4.78 is 5.11. The molecular formula is C8H13NO. The first-order valence-corrected chi connectivity index (χ1v) is 3.69. The summed E-state index contributed by atoms with van der Waals surface area (Å²) in [7, 11) is 0. The summed E-state index contributed by atoms with van der Waals surface area (Å²) in [5.74, 6) is 0. The van der Waals surface area contributed by atoms with Crippen LogP contribution in [0, 0.1) is 12.0 Å². The Labute approximate surface area is 62.0 Å². The zero-order valence-corrected chi connectivity index (χ0v) is 6.55. The lowest BCUT2D eigenvalue weighted by molar-refractivity contribution is -0.119. The van der Waals surface area contributed by atoms with Gasteiger partial charge in [0.15, 0.2) is 0 Å². The van der Waals surface area contributed by atoms with Crippen LogP contribution in [0.25, 0.3) is 4.85 Å². The van der Waals surface area contributed by atoms with Gasteiger partial charge < -0.3 is 9.58 Å². The van der Waals surface area contributed by atoms with Gasteiger partial charge in [0.2, 0.25) is 6.04 Å². The van der Waals surface area contributed by atoms with Gasteiger partial charge in [-0.3, -0.25) is 0 Å². The molecule has 0 aliphatic carbocycles. The highest BCUT2D eigenvalue weighted by molar-refractivity contribution is 4.98. The molecule has 1 heterocycles. The van der Waals surface area contributed by atoms with Crippen molar-refractivity contribution >= 4 is 0 Å². The molecule has 0 N–H and O–H groups in total. The van der Waals surface area contributed by atoms with Crippen molar-refractivity contribution in [1.29, 1.82) is 0 Å². The zero-order chi connectivity index (χ0) is 7.61. The van der Waals surface area contributed by atoms with Crippen LogP contribution in [-0.2, 0) is 4.74 Å². The maximum absolute atomic E-state index is 6.87. The van der Waals surface area contributed by atoms with E-state index in [0.29, 0.717) is 0 Å². The number of rotatable bonds is 2. The molecule has 1 rings (SSSR count). The molecule has 1 unspecified atom stereocenters. The number of nitrogens with zero attached hydrogens (tertiary/aromatic N) is 1. The smallest absolute Gasteiger partial charge is 0.230 e. The quantitative estimate of drug-likeness (QED) is 0.531. The van der Waals surface area contributed by atoms with E-state index in [1.807, 2.05) is 6.92 Å². The highest BCUT2D eigenvalue weighted by Gasteiger charge is 2.46. The van der Waals surface area contributed by atoms with Crippen molar-refractivity contribution in [3.8, 4) is 0 Å². The Morgan fingerprint density at radius 3 is 2.40 bits per heavy atom. The minimum atomic E-state index is 0.131. The van der Waals surface area contributed by atoms with Gasteiger partial charge >= 0.3 is 0 Å². The molecule has 10 heavy (non-hydrogen) atoms. The Morgan fingerprint density at radius 2 is 2.30 bits per heavy atom. The predicted molar refractivity (Wildman–Crippen MR) is 39.6 cm³/mol. The highest BCUT2D eigenvalue weighted by atomic mass is 16.5. The van der Waals surface area contributed by atoms with Crippen LogP contribution in [0.15, 0.2) is 0 Å². The monoisotopic (exact) mass is 139 g/mol.